The highest BCUT2D eigenvalue weighted by atomic mass is 127. The Morgan fingerprint density at radius 3 is 2.56 bits per heavy atom. The molecule has 0 aromatic carbocycles. The molecule has 2 rings (SSSR count). The van der Waals surface area contributed by atoms with E-state index in [0.29, 0.717) is 12.6 Å². The first-order valence-electron chi connectivity index (χ1n) is 9.22. The number of aromatic nitrogens is 1. The highest BCUT2D eigenvalue weighted by Crippen LogP contribution is 2.27. The van der Waals surface area contributed by atoms with Crippen molar-refractivity contribution >= 4 is 35.8 Å². The predicted molar refractivity (Wildman–Crippen MR) is 118 cm³/mol. The summed E-state index contributed by atoms with van der Waals surface area (Å²) < 4.78 is 0. The molecule has 0 saturated heterocycles. The van der Waals surface area contributed by atoms with Gasteiger partial charge in [-0.1, -0.05) is 25.8 Å². The lowest BCUT2D eigenvalue weighted by atomic mass is 9.83. The fourth-order valence-corrected chi connectivity index (χ4v) is 3.38. The van der Waals surface area contributed by atoms with Crippen LogP contribution in [0.15, 0.2) is 23.2 Å². The smallest absolute Gasteiger partial charge is 0.191 e. The molecule has 1 heterocycles. The number of pyridine rings is 1. The third-order valence-corrected chi connectivity index (χ3v) is 4.80. The first-order valence-corrected chi connectivity index (χ1v) is 9.22. The number of aliphatic imine (C=N–C) groups is 1. The summed E-state index contributed by atoms with van der Waals surface area (Å²) in [4.78, 5) is 11.0. The van der Waals surface area contributed by atoms with Crippen LogP contribution in [0.3, 0.4) is 0 Å². The molecule has 25 heavy (non-hydrogen) atoms. The molecule has 0 radical (unpaired) electrons. The van der Waals surface area contributed by atoms with E-state index in [2.05, 4.69) is 27.5 Å². The Bertz CT molecular complexity index is 524. The first-order chi connectivity index (χ1) is 11.6. The van der Waals surface area contributed by atoms with Crippen molar-refractivity contribution < 1.29 is 0 Å². The first kappa shape index (κ1) is 22.0. The van der Waals surface area contributed by atoms with Crippen LogP contribution in [0.25, 0.3) is 0 Å². The minimum atomic E-state index is 0. The predicted octanol–water partition coefficient (Wildman–Crippen LogP) is 3.79. The van der Waals surface area contributed by atoms with E-state index >= 15 is 0 Å². The molecule has 5 nitrogen and oxygen atoms in total. The van der Waals surface area contributed by atoms with Gasteiger partial charge >= 0.3 is 0 Å². The van der Waals surface area contributed by atoms with Gasteiger partial charge in [0, 0.05) is 27.2 Å². The highest BCUT2D eigenvalue weighted by molar-refractivity contribution is 14.0. The Morgan fingerprint density at radius 1 is 1.24 bits per heavy atom. The van der Waals surface area contributed by atoms with Gasteiger partial charge in [0.15, 0.2) is 5.96 Å². The van der Waals surface area contributed by atoms with Crippen LogP contribution in [0.1, 0.15) is 51.1 Å². The van der Waals surface area contributed by atoms with Gasteiger partial charge in [0.05, 0.1) is 12.2 Å². The lowest BCUT2D eigenvalue weighted by Crippen LogP contribution is -2.44. The molecule has 6 heteroatoms. The number of guanidine groups is 1. The molecule has 0 bridgehead atoms. The molecule has 1 aliphatic rings. The lowest BCUT2D eigenvalue weighted by Gasteiger charge is -2.30. The normalized spacial score (nSPS) is 20.6. The number of hydrogen-bond donors (Lipinski definition) is 2. The number of rotatable bonds is 6. The molecule has 2 N–H and O–H groups in total. The zero-order valence-electron chi connectivity index (χ0n) is 16.1. The van der Waals surface area contributed by atoms with E-state index < -0.39 is 0 Å². The fraction of sp³-hybridized carbons (Fsp3) is 0.684. The minimum Gasteiger partial charge on any atom is -0.363 e. The van der Waals surface area contributed by atoms with E-state index in [-0.39, 0.29) is 24.0 Å². The quantitative estimate of drug-likeness (QED) is 0.386. The van der Waals surface area contributed by atoms with E-state index in [4.69, 9.17) is 0 Å². The minimum absolute atomic E-state index is 0. The topological polar surface area (TPSA) is 52.6 Å². The average Bonchev–Trinajstić information content (AvgIpc) is 2.60. The zero-order valence-corrected chi connectivity index (χ0v) is 18.4. The Kier molecular flexibility index (Phi) is 10.2. The van der Waals surface area contributed by atoms with Crippen molar-refractivity contribution in [1.82, 2.24) is 15.6 Å². The summed E-state index contributed by atoms with van der Waals surface area (Å²) in [5, 5.41) is 6.97. The Morgan fingerprint density at radius 2 is 1.96 bits per heavy atom. The van der Waals surface area contributed by atoms with Crippen LogP contribution in [-0.4, -0.2) is 38.1 Å². The SMILES string of the molecule is CCCC1CCC(NC(=NC)NCc2cccc(N(C)C)n2)CC1.I. The summed E-state index contributed by atoms with van der Waals surface area (Å²) in [7, 11) is 5.85. The second-order valence-corrected chi connectivity index (χ2v) is 6.96. The Hall–Kier alpha value is -1.05. The van der Waals surface area contributed by atoms with Crippen molar-refractivity contribution in [1.29, 1.82) is 0 Å². The van der Waals surface area contributed by atoms with Gasteiger partial charge in [0.25, 0.3) is 0 Å². The molecule has 0 aliphatic heterocycles. The van der Waals surface area contributed by atoms with Gasteiger partial charge < -0.3 is 15.5 Å². The van der Waals surface area contributed by atoms with Gasteiger partial charge in [-0.05, 0) is 43.7 Å². The zero-order chi connectivity index (χ0) is 17.4. The van der Waals surface area contributed by atoms with E-state index in [1.165, 1.54) is 38.5 Å². The molecule has 1 fully saturated rings. The van der Waals surface area contributed by atoms with Crippen LogP contribution < -0.4 is 15.5 Å². The van der Waals surface area contributed by atoms with Crippen molar-refractivity contribution in [3.63, 3.8) is 0 Å². The summed E-state index contributed by atoms with van der Waals surface area (Å²) in [5.41, 5.74) is 1.02. The van der Waals surface area contributed by atoms with Crippen LogP contribution in [0.5, 0.6) is 0 Å². The maximum atomic E-state index is 4.64. The molecular weight excluding hydrogens is 425 g/mol. The number of anilines is 1. The standard InChI is InChI=1S/C19H33N5.HI/c1-5-7-15-10-12-16(13-11-15)23-19(20-2)21-14-17-8-6-9-18(22-17)24(3)4;/h6,8-9,15-16H,5,7,10-14H2,1-4H3,(H2,20,21,23);1H. The molecule has 0 unspecified atom stereocenters. The second-order valence-electron chi connectivity index (χ2n) is 6.96. The molecule has 0 amide bonds. The van der Waals surface area contributed by atoms with Crippen molar-refractivity contribution in [3.8, 4) is 0 Å². The van der Waals surface area contributed by atoms with Crippen molar-refractivity contribution in [2.75, 3.05) is 26.0 Å². The van der Waals surface area contributed by atoms with Crippen LogP contribution in [0, 0.1) is 5.92 Å². The molecule has 0 atom stereocenters. The van der Waals surface area contributed by atoms with Gasteiger partial charge in [-0.3, -0.25) is 4.99 Å². The molecule has 1 aliphatic carbocycles. The van der Waals surface area contributed by atoms with Crippen molar-refractivity contribution in [3.05, 3.63) is 23.9 Å². The number of nitrogens with one attached hydrogen (secondary N) is 2. The van der Waals surface area contributed by atoms with Crippen LogP contribution in [-0.2, 0) is 6.54 Å². The molecular formula is C19H34IN5. The van der Waals surface area contributed by atoms with Crippen LogP contribution in [0.4, 0.5) is 5.82 Å². The highest BCUT2D eigenvalue weighted by Gasteiger charge is 2.21. The summed E-state index contributed by atoms with van der Waals surface area (Å²) in [6.07, 6.45) is 7.88. The Balaban J connectivity index is 0.00000312. The number of nitrogens with zero attached hydrogens (tertiary/aromatic N) is 3. The van der Waals surface area contributed by atoms with Gasteiger partial charge in [-0.2, -0.15) is 0 Å². The number of hydrogen-bond acceptors (Lipinski definition) is 3. The van der Waals surface area contributed by atoms with Gasteiger partial charge in [-0.15, -0.1) is 24.0 Å². The molecule has 0 spiro atoms. The van der Waals surface area contributed by atoms with Gasteiger partial charge in [0.2, 0.25) is 0 Å². The maximum absolute atomic E-state index is 4.64. The Labute approximate surface area is 170 Å². The molecule has 142 valence electrons. The maximum Gasteiger partial charge on any atom is 0.191 e. The molecule has 1 saturated carbocycles. The van der Waals surface area contributed by atoms with E-state index in [1.807, 2.05) is 44.2 Å². The van der Waals surface area contributed by atoms with Crippen LogP contribution in [0.2, 0.25) is 0 Å². The monoisotopic (exact) mass is 459 g/mol. The summed E-state index contributed by atoms with van der Waals surface area (Å²) in [5.74, 6) is 2.79. The molecule has 1 aromatic rings. The van der Waals surface area contributed by atoms with Crippen molar-refractivity contribution in [2.24, 2.45) is 10.9 Å². The number of halogens is 1. The second kappa shape index (κ2) is 11.5. The van der Waals surface area contributed by atoms with Crippen molar-refractivity contribution in [2.45, 2.75) is 58.0 Å². The van der Waals surface area contributed by atoms with E-state index in [1.54, 1.807) is 0 Å². The summed E-state index contributed by atoms with van der Waals surface area (Å²) >= 11 is 0. The van der Waals surface area contributed by atoms with E-state index in [9.17, 15) is 0 Å². The summed E-state index contributed by atoms with van der Waals surface area (Å²) in [6, 6.07) is 6.66. The van der Waals surface area contributed by atoms with E-state index in [0.717, 1.165) is 23.4 Å². The third kappa shape index (κ3) is 7.38. The average molecular weight is 459 g/mol. The third-order valence-electron chi connectivity index (χ3n) is 4.80. The van der Waals surface area contributed by atoms with Crippen LogP contribution >= 0.6 is 24.0 Å². The molecule has 1 aromatic heterocycles. The summed E-state index contributed by atoms with van der Waals surface area (Å²) in [6.45, 7) is 2.97. The fourth-order valence-electron chi connectivity index (χ4n) is 3.38. The largest absolute Gasteiger partial charge is 0.363 e. The van der Waals surface area contributed by atoms with Gasteiger partial charge in [0.1, 0.15) is 5.82 Å². The van der Waals surface area contributed by atoms with Gasteiger partial charge in [-0.25, -0.2) is 4.98 Å². The lowest BCUT2D eigenvalue weighted by molar-refractivity contribution is 0.295.